The van der Waals surface area contributed by atoms with Gasteiger partial charge in [-0.2, -0.15) is 0 Å². The molecule has 5 nitrogen and oxygen atoms in total. The average molecular weight is 455 g/mol. The number of amides is 1. The number of nitrogens with one attached hydrogen (secondary N) is 1. The molecule has 0 saturated heterocycles. The van der Waals surface area contributed by atoms with Gasteiger partial charge in [0.2, 0.25) is 11.0 Å². The smallest absolute Gasteiger partial charge is 0.236 e. The number of nitrogens with zero attached hydrogens (tertiary/aromatic N) is 3. The zero-order chi connectivity index (χ0) is 20.9. The molecule has 4 rings (SSSR count). The molecule has 1 N–H and O–H groups in total. The summed E-state index contributed by atoms with van der Waals surface area (Å²) in [6.07, 6.45) is 2.14. The SMILES string of the molecule is CCSc1nnc(NC(=O)CSc2cn(Cc3ccc(C)cc3)c3ccccc23)s1. The monoisotopic (exact) mass is 454 g/mol. The highest BCUT2D eigenvalue weighted by Gasteiger charge is 2.13. The summed E-state index contributed by atoms with van der Waals surface area (Å²) in [6, 6.07) is 16.9. The second-order valence-corrected chi connectivity index (χ2v) is 10.3. The van der Waals surface area contributed by atoms with Crippen molar-refractivity contribution in [1.82, 2.24) is 14.8 Å². The largest absolute Gasteiger partial charge is 0.342 e. The molecule has 2 heterocycles. The van der Waals surface area contributed by atoms with Crippen molar-refractivity contribution in [2.75, 3.05) is 16.8 Å². The first-order valence-electron chi connectivity index (χ1n) is 9.64. The summed E-state index contributed by atoms with van der Waals surface area (Å²) in [6.45, 7) is 4.96. The molecule has 0 spiro atoms. The first-order chi connectivity index (χ1) is 14.6. The van der Waals surface area contributed by atoms with Crippen LogP contribution in [0.2, 0.25) is 0 Å². The molecule has 0 saturated carbocycles. The van der Waals surface area contributed by atoms with E-state index in [4.69, 9.17) is 0 Å². The topological polar surface area (TPSA) is 59.8 Å². The highest BCUT2D eigenvalue weighted by atomic mass is 32.2. The van der Waals surface area contributed by atoms with Gasteiger partial charge in [0.15, 0.2) is 4.34 Å². The third-order valence-corrected chi connectivity index (χ3v) is 7.40. The second-order valence-electron chi connectivity index (χ2n) is 6.77. The van der Waals surface area contributed by atoms with Crippen LogP contribution in [-0.4, -0.2) is 32.2 Å². The van der Waals surface area contributed by atoms with Crippen LogP contribution in [0.3, 0.4) is 0 Å². The van der Waals surface area contributed by atoms with Gasteiger partial charge >= 0.3 is 0 Å². The van der Waals surface area contributed by atoms with E-state index in [2.05, 4.69) is 82.6 Å². The maximum atomic E-state index is 12.4. The normalized spacial score (nSPS) is 11.1. The van der Waals surface area contributed by atoms with E-state index in [0.29, 0.717) is 10.9 Å². The summed E-state index contributed by atoms with van der Waals surface area (Å²) in [5.41, 5.74) is 3.69. The second kappa shape index (κ2) is 9.68. The number of rotatable bonds is 8. The molecule has 4 aromatic rings. The molecule has 2 aromatic carbocycles. The van der Waals surface area contributed by atoms with Crippen molar-refractivity contribution in [1.29, 1.82) is 0 Å². The molecule has 154 valence electrons. The quantitative estimate of drug-likeness (QED) is 0.274. The summed E-state index contributed by atoms with van der Waals surface area (Å²) < 4.78 is 3.12. The van der Waals surface area contributed by atoms with E-state index in [9.17, 15) is 4.79 Å². The summed E-state index contributed by atoms with van der Waals surface area (Å²) in [7, 11) is 0. The Hall–Kier alpha value is -2.29. The number of hydrogen-bond donors (Lipinski definition) is 1. The van der Waals surface area contributed by atoms with Crippen LogP contribution in [0.1, 0.15) is 18.1 Å². The van der Waals surface area contributed by atoms with E-state index in [1.165, 1.54) is 33.4 Å². The number of hydrogen-bond acceptors (Lipinski definition) is 6. The van der Waals surface area contributed by atoms with Crippen molar-refractivity contribution in [2.24, 2.45) is 0 Å². The molecule has 0 atom stereocenters. The Bertz CT molecular complexity index is 1150. The molecule has 0 aliphatic carbocycles. The maximum absolute atomic E-state index is 12.4. The fourth-order valence-corrected chi connectivity index (χ4v) is 5.64. The van der Waals surface area contributed by atoms with E-state index < -0.39 is 0 Å². The molecule has 0 fully saturated rings. The van der Waals surface area contributed by atoms with Crippen molar-refractivity contribution in [3.63, 3.8) is 0 Å². The van der Waals surface area contributed by atoms with Crippen molar-refractivity contribution >= 4 is 56.8 Å². The number of anilines is 1. The Morgan fingerprint density at radius 2 is 1.90 bits per heavy atom. The fraction of sp³-hybridized carbons (Fsp3) is 0.227. The summed E-state index contributed by atoms with van der Waals surface area (Å²) in [5, 5.41) is 12.7. The summed E-state index contributed by atoms with van der Waals surface area (Å²) in [4.78, 5) is 13.5. The van der Waals surface area contributed by atoms with Crippen LogP contribution in [0, 0.1) is 6.92 Å². The van der Waals surface area contributed by atoms with Crippen LogP contribution in [0.5, 0.6) is 0 Å². The summed E-state index contributed by atoms with van der Waals surface area (Å²) >= 11 is 4.58. The van der Waals surface area contributed by atoms with Gasteiger partial charge in [-0.3, -0.25) is 10.1 Å². The zero-order valence-corrected chi connectivity index (χ0v) is 19.2. The first-order valence-corrected chi connectivity index (χ1v) is 12.4. The van der Waals surface area contributed by atoms with Crippen LogP contribution in [-0.2, 0) is 11.3 Å². The number of para-hydroxylation sites is 1. The molecule has 0 aliphatic heterocycles. The number of carbonyl (C=O) groups is 1. The van der Waals surface area contributed by atoms with Gasteiger partial charge in [-0.15, -0.1) is 22.0 Å². The van der Waals surface area contributed by atoms with Crippen LogP contribution in [0.4, 0.5) is 5.13 Å². The summed E-state index contributed by atoms with van der Waals surface area (Å²) in [5.74, 6) is 1.19. The van der Waals surface area contributed by atoms with E-state index >= 15 is 0 Å². The molecular formula is C22H22N4OS3. The molecule has 30 heavy (non-hydrogen) atoms. The van der Waals surface area contributed by atoms with Crippen molar-refractivity contribution in [3.05, 3.63) is 65.9 Å². The predicted octanol–water partition coefficient (Wildman–Crippen LogP) is 5.69. The number of aryl methyl sites for hydroxylation is 1. The molecule has 2 aromatic heterocycles. The van der Waals surface area contributed by atoms with Crippen molar-refractivity contribution in [2.45, 2.75) is 29.6 Å². The van der Waals surface area contributed by atoms with Crippen LogP contribution in [0.25, 0.3) is 10.9 Å². The third-order valence-electron chi connectivity index (χ3n) is 4.50. The van der Waals surface area contributed by atoms with Crippen LogP contribution in [0.15, 0.2) is 64.0 Å². The maximum Gasteiger partial charge on any atom is 0.236 e. The van der Waals surface area contributed by atoms with Crippen molar-refractivity contribution < 1.29 is 4.79 Å². The minimum atomic E-state index is -0.0698. The zero-order valence-electron chi connectivity index (χ0n) is 16.8. The van der Waals surface area contributed by atoms with Gasteiger partial charge in [0.1, 0.15) is 0 Å². The lowest BCUT2D eigenvalue weighted by molar-refractivity contribution is -0.113. The Morgan fingerprint density at radius 3 is 2.70 bits per heavy atom. The lowest BCUT2D eigenvalue weighted by Crippen LogP contribution is -2.13. The van der Waals surface area contributed by atoms with E-state index in [1.54, 1.807) is 23.5 Å². The van der Waals surface area contributed by atoms with Gasteiger partial charge in [-0.1, -0.05) is 78.1 Å². The van der Waals surface area contributed by atoms with Crippen LogP contribution >= 0.6 is 34.9 Å². The van der Waals surface area contributed by atoms with Gasteiger partial charge in [-0.25, -0.2) is 0 Å². The number of benzene rings is 2. The van der Waals surface area contributed by atoms with Gasteiger partial charge in [0, 0.05) is 28.5 Å². The molecule has 0 unspecified atom stereocenters. The highest BCUT2D eigenvalue weighted by molar-refractivity contribution is 8.01. The van der Waals surface area contributed by atoms with Gasteiger partial charge in [-0.05, 0) is 24.3 Å². The molecule has 0 bridgehead atoms. The number of thioether (sulfide) groups is 2. The number of carbonyl (C=O) groups excluding carboxylic acids is 1. The van der Waals surface area contributed by atoms with Gasteiger partial charge in [0.05, 0.1) is 5.75 Å². The third kappa shape index (κ3) is 5.06. The average Bonchev–Trinajstić information content (AvgIpc) is 3.33. The number of aromatic nitrogens is 3. The highest BCUT2D eigenvalue weighted by Crippen LogP contribution is 2.31. The molecule has 0 aliphatic rings. The lowest BCUT2D eigenvalue weighted by Gasteiger charge is -2.06. The Kier molecular flexibility index (Phi) is 6.76. The Labute approximate surface area is 188 Å². The molecule has 0 radical (unpaired) electrons. The Balaban J connectivity index is 1.45. The van der Waals surface area contributed by atoms with E-state index in [-0.39, 0.29) is 5.91 Å². The van der Waals surface area contributed by atoms with E-state index in [1.807, 2.05) is 6.07 Å². The first kappa shape index (κ1) is 21.0. The predicted molar refractivity (Wildman–Crippen MR) is 128 cm³/mol. The minimum absolute atomic E-state index is 0.0698. The van der Waals surface area contributed by atoms with E-state index in [0.717, 1.165) is 21.5 Å². The number of fused-ring (bicyclic) bond motifs is 1. The molecule has 8 heteroatoms. The van der Waals surface area contributed by atoms with Gasteiger partial charge in [0.25, 0.3) is 0 Å². The minimum Gasteiger partial charge on any atom is -0.342 e. The van der Waals surface area contributed by atoms with Crippen LogP contribution < -0.4 is 5.32 Å². The molecular weight excluding hydrogens is 432 g/mol. The lowest BCUT2D eigenvalue weighted by atomic mass is 10.1. The fourth-order valence-electron chi connectivity index (χ4n) is 3.09. The Morgan fingerprint density at radius 1 is 1.10 bits per heavy atom. The molecule has 1 amide bonds. The van der Waals surface area contributed by atoms with Crippen molar-refractivity contribution in [3.8, 4) is 0 Å². The van der Waals surface area contributed by atoms with Gasteiger partial charge < -0.3 is 4.57 Å². The standard InChI is InChI=1S/C22H22N4OS3/c1-3-28-22-25-24-21(30-22)23-20(27)14-29-19-13-26(18-7-5-4-6-17(18)19)12-16-10-8-15(2)9-11-16/h4-11,13H,3,12,14H2,1-2H3,(H,23,24,27).